The topological polar surface area (TPSA) is 35.0 Å². The van der Waals surface area contributed by atoms with Gasteiger partial charge in [-0.05, 0) is 37.1 Å². The van der Waals surface area contributed by atoms with Gasteiger partial charge in [0.25, 0.3) is 0 Å². The van der Waals surface area contributed by atoms with E-state index >= 15 is 0 Å². The van der Waals surface area contributed by atoms with Gasteiger partial charge in [0, 0.05) is 21.6 Å². The molecule has 0 unspecified atom stereocenters. The molecule has 0 amide bonds. The van der Waals surface area contributed by atoms with Gasteiger partial charge in [-0.1, -0.05) is 40.4 Å². The molecule has 0 N–H and O–H groups in total. The number of aromatic nitrogens is 2. The van der Waals surface area contributed by atoms with Crippen molar-refractivity contribution in [2.24, 2.45) is 0 Å². The van der Waals surface area contributed by atoms with Crippen molar-refractivity contribution >= 4 is 27.5 Å². The van der Waals surface area contributed by atoms with E-state index in [9.17, 15) is 0 Å². The Hall–Kier alpha value is -1.13. The molecule has 2 aromatic rings. The summed E-state index contributed by atoms with van der Waals surface area (Å²) in [4.78, 5) is 9.12. The number of benzene rings is 1. The quantitative estimate of drug-likeness (QED) is 0.697. The zero-order valence-corrected chi connectivity index (χ0v) is 14.1. The van der Waals surface area contributed by atoms with Gasteiger partial charge in [0.05, 0.1) is 7.11 Å². The Morgan fingerprint density at radius 1 is 1.19 bits per heavy atom. The molecule has 21 heavy (non-hydrogen) atoms. The van der Waals surface area contributed by atoms with Crippen molar-refractivity contribution in [2.45, 2.75) is 31.6 Å². The molecule has 1 aromatic carbocycles. The van der Waals surface area contributed by atoms with E-state index in [4.69, 9.17) is 21.3 Å². The Kier molecular flexibility index (Phi) is 4.45. The SMILES string of the molecule is COc1ccc(Br)c(-c2nc(Cl)cc(C3CCCC3)n2)c1. The van der Waals surface area contributed by atoms with Crippen LogP contribution < -0.4 is 4.74 Å². The number of hydrogen-bond donors (Lipinski definition) is 0. The number of nitrogens with zero attached hydrogens (tertiary/aromatic N) is 2. The summed E-state index contributed by atoms with van der Waals surface area (Å²) in [5, 5.41) is 0.497. The summed E-state index contributed by atoms with van der Waals surface area (Å²) in [6.07, 6.45) is 4.91. The minimum Gasteiger partial charge on any atom is -0.497 e. The summed E-state index contributed by atoms with van der Waals surface area (Å²) < 4.78 is 6.22. The van der Waals surface area contributed by atoms with Gasteiger partial charge in [-0.25, -0.2) is 9.97 Å². The largest absolute Gasteiger partial charge is 0.497 e. The second-order valence-electron chi connectivity index (χ2n) is 5.27. The Labute approximate surface area is 137 Å². The maximum Gasteiger partial charge on any atom is 0.162 e. The van der Waals surface area contributed by atoms with Gasteiger partial charge < -0.3 is 4.74 Å². The molecule has 0 radical (unpaired) electrons. The molecular formula is C16H16BrClN2O. The zero-order chi connectivity index (χ0) is 14.8. The lowest BCUT2D eigenvalue weighted by Crippen LogP contribution is -2.01. The van der Waals surface area contributed by atoms with Crippen LogP contribution in [-0.2, 0) is 0 Å². The third-order valence-corrected chi connectivity index (χ3v) is 4.79. The first-order chi connectivity index (χ1) is 10.2. The first-order valence-electron chi connectivity index (χ1n) is 7.06. The molecule has 5 heteroatoms. The van der Waals surface area contributed by atoms with Crippen molar-refractivity contribution in [3.05, 3.63) is 39.6 Å². The van der Waals surface area contributed by atoms with Gasteiger partial charge in [-0.15, -0.1) is 0 Å². The molecule has 0 saturated heterocycles. The molecule has 3 nitrogen and oxygen atoms in total. The van der Waals surface area contributed by atoms with Gasteiger partial charge in [0.2, 0.25) is 0 Å². The van der Waals surface area contributed by atoms with Crippen LogP contribution in [-0.4, -0.2) is 17.1 Å². The van der Waals surface area contributed by atoms with Crippen molar-refractivity contribution in [1.82, 2.24) is 9.97 Å². The Morgan fingerprint density at radius 3 is 2.67 bits per heavy atom. The van der Waals surface area contributed by atoms with E-state index in [2.05, 4.69) is 20.9 Å². The number of rotatable bonds is 3. The Balaban J connectivity index is 2.05. The predicted octanol–water partition coefficient (Wildman–Crippen LogP) is 5.23. The molecular weight excluding hydrogens is 352 g/mol. The number of hydrogen-bond acceptors (Lipinski definition) is 3. The molecule has 1 fully saturated rings. The van der Waals surface area contributed by atoms with Crippen LogP contribution in [0.15, 0.2) is 28.7 Å². The molecule has 0 bridgehead atoms. The molecule has 0 aliphatic heterocycles. The van der Waals surface area contributed by atoms with Crippen molar-refractivity contribution in [3.63, 3.8) is 0 Å². The highest BCUT2D eigenvalue weighted by atomic mass is 79.9. The molecule has 1 saturated carbocycles. The van der Waals surface area contributed by atoms with E-state index in [-0.39, 0.29) is 0 Å². The van der Waals surface area contributed by atoms with Gasteiger partial charge in [0.1, 0.15) is 10.9 Å². The molecule has 0 spiro atoms. The van der Waals surface area contributed by atoms with Crippen LogP contribution >= 0.6 is 27.5 Å². The number of methoxy groups -OCH3 is 1. The van der Waals surface area contributed by atoms with E-state index in [1.807, 2.05) is 24.3 Å². The van der Waals surface area contributed by atoms with Gasteiger partial charge in [-0.2, -0.15) is 0 Å². The van der Waals surface area contributed by atoms with Crippen LogP contribution in [0.4, 0.5) is 0 Å². The van der Waals surface area contributed by atoms with Gasteiger partial charge >= 0.3 is 0 Å². The lowest BCUT2D eigenvalue weighted by molar-refractivity contribution is 0.415. The summed E-state index contributed by atoms with van der Waals surface area (Å²) >= 11 is 9.76. The summed E-state index contributed by atoms with van der Waals surface area (Å²) in [7, 11) is 1.65. The van der Waals surface area contributed by atoms with Crippen molar-refractivity contribution < 1.29 is 4.74 Å². The lowest BCUT2D eigenvalue weighted by atomic mass is 10.0. The Bertz CT molecular complexity index is 657. The van der Waals surface area contributed by atoms with E-state index in [1.54, 1.807) is 7.11 Å². The maximum absolute atomic E-state index is 6.21. The molecule has 3 rings (SSSR count). The van der Waals surface area contributed by atoms with Gasteiger partial charge in [0.15, 0.2) is 5.82 Å². The van der Waals surface area contributed by atoms with Crippen LogP contribution in [0.1, 0.15) is 37.3 Å². The van der Waals surface area contributed by atoms with Crippen LogP contribution in [0.3, 0.4) is 0 Å². The second-order valence-corrected chi connectivity index (χ2v) is 6.51. The second kappa shape index (κ2) is 6.32. The fourth-order valence-electron chi connectivity index (χ4n) is 2.79. The summed E-state index contributed by atoms with van der Waals surface area (Å²) in [5.74, 6) is 1.93. The third-order valence-electron chi connectivity index (χ3n) is 3.90. The summed E-state index contributed by atoms with van der Waals surface area (Å²) in [6.45, 7) is 0. The van der Waals surface area contributed by atoms with Crippen LogP contribution in [0.5, 0.6) is 5.75 Å². The Morgan fingerprint density at radius 2 is 1.95 bits per heavy atom. The van der Waals surface area contributed by atoms with E-state index in [1.165, 1.54) is 25.7 Å². The summed E-state index contributed by atoms with van der Waals surface area (Å²) in [6, 6.07) is 7.66. The normalized spacial score (nSPS) is 15.4. The molecule has 1 aliphatic carbocycles. The van der Waals surface area contributed by atoms with Crippen molar-refractivity contribution in [1.29, 1.82) is 0 Å². The zero-order valence-electron chi connectivity index (χ0n) is 11.8. The lowest BCUT2D eigenvalue weighted by Gasteiger charge is -2.12. The summed E-state index contributed by atoms with van der Waals surface area (Å²) in [5.41, 5.74) is 1.95. The molecule has 0 atom stereocenters. The van der Waals surface area contributed by atoms with Crippen molar-refractivity contribution in [2.75, 3.05) is 7.11 Å². The fraction of sp³-hybridized carbons (Fsp3) is 0.375. The van der Waals surface area contributed by atoms with Crippen LogP contribution in [0.25, 0.3) is 11.4 Å². The smallest absolute Gasteiger partial charge is 0.162 e. The highest BCUT2D eigenvalue weighted by Crippen LogP contribution is 2.36. The first kappa shape index (κ1) is 14.8. The highest BCUT2D eigenvalue weighted by Gasteiger charge is 2.20. The minimum absolute atomic E-state index is 0.497. The van der Waals surface area contributed by atoms with E-state index < -0.39 is 0 Å². The van der Waals surface area contributed by atoms with Crippen molar-refractivity contribution in [3.8, 4) is 17.1 Å². The van der Waals surface area contributed by atoms with Crippen LogP contribution in [0, 0.1) is 0 Å². The molecule has 1 aliphatic rings. The maximum atomic E-state index is 6.21. The average Bonchev–Trinajstić information content (AvgIpc) is 3.01. The predicted molar refractivity (Wildman–Crippen MR) is 87.9 cm³/mol. The molecule has 1 aromatic heterocycles. The third kappa shape index (κ3) is 3.22. The standard InChI is InChI=1S/C16H16BrClN2O/c1-21-11-6-7-13(17)12(8-11)16-19-14(9-15(18)20-16)10-4-2-3-5-10/h6-10H,2-5H2,1H3. The van der Waals surface area contributed by atoms with Crippen LogP contribution in [0.2, 0.25) is 5.15 Å². The van der Waals surface area contributed by atoms with E-state index in [0.29, 0.717) is 16.9 Å². The highest BCUT2D eigenvalue weighted by molar-refractivity contribution is 9.10. The monoisotopic (exact) mass is 366 g/mol. The number of ether oxygens (including phenoxy) is 1. The molecule has 1 heterocycles. The average molecular weight is 368 g/mol. The fourth-order valence-corrected chi connectivity index (χ4v) is 3.40. The number of halogens is 2. The molecule has 110 valence electrons. The first-order valence-corrected chi connectivity index (χ1v) is 8.23. The van der Waals surface area contributed by atoms with Gasteiger partial charge in [-0.3, -0.25) is 0 Å². The van der Waals surface area contributed by atoms with E-state index in [0.717, 1.165) is 21.5 Å². The minimum atomic E-state index is 0.497.